The highest BCUT2D eigenvalue weighted by Crippen LogP contribution is 2.65. The van der Waals surface area contributed by atoms with Gasteiger partial charge in [-0.3, -0.25) is 14.4 Å². The van der Waals surface area contributed by atoms with Crippen molar-refractivity contribution in [2.45, 2.75) is 70.1 Å². The Bertz CT molecular complexity index is 998. The number of halogens is 1. The third-order valence-corrected chi connectivity index (χ3v) is 8.68. The number of ether oxygens (including phenoxy) is 1. The van der Waals surface area contributed by atoms with Crippen LogP contribution in [0.1, 0.15) is 51.5 Å². The molecule has 3 aliphatic rings. The lowest BCUT2D eigenvalue weighted by Crippen LogP contribution is -2.54. The molecule has 3 fully saturated rings. The van der Waals surface area contributed by atoms with Crippen LogP contribution >= 0.6 is 11.6 Å². The number of anilines is 1. The van der Waals surface area contributed by atoms with E-state index < -0.39 is 29.1 Å². The van der Waals surface area contributed by atoms with Crippen LogP contribution in [0.4, 0.5) is 5.69 Å². The van der Waals surface area contributed by atoms with E-state index in [4.69, 9.17) is 21.4 Å². The summed E-state index contributed by atoms with van der Waals surface area (Å²) in [5, 5.41) is 15.2. The number of hydrogen-bond donors (Lipinski definition) is 3. The molecule has 0 radical (unpaired) electrons. The van der Waals surface area contributed by atoms with Crippen LogP contribution in [0.3, 0.4) is 0 Å². The number of aliphatic hydroxyl groups is 1. The Hall–Kier alpha value is -2.16. The lowest BCUT2D eigenvalue weighted by Gasteiger charge is -2.36. The van der Waals surface area contributed by atoms with Gasteiger partial charge >= 0.3 is 0 Å². The number of rotatable bonds is 9. The van der Waals surface area contributed by atoms with Crippen molar-refractivity contribution in [2.24, 2.45) is 17.8 Å². The first-order valence-electron chi connectivity index (χ1n) is 12.5. The molecule has 8 nitrogen and oxygen atoms in total. The summed E-state index contributed by atoms with van der Waals surface area (Å²) in [6, 6.07) is 4.53. The van der Waals surface area contributed by atoms with Crippen molar-refractivity contribution in [3.63, 3.8) is 0 Å². The number of amides is 3. The van der Waals surface area contributed by atoms with Crippen molar-refractivity contribution in [2.75, 3.05) is 25.5 Å². The normalized spacial score (nSPS) is 33.2. The predicted octanol–water partition coefficient (Wildman–Crippen LogP) is 2.90. The molecule has 0 saturated carbocycles. The number of benzene rings is 1. The molecule has 192 valence electrons. The van der Waals surface area contributed by atoms with Gasteiger partial charge in [-0.15, -0.1) is 0 Å². The Balaban J connectivity index is 1.71. The van der Waals surface area contributed by atoms with Crippen molar-refractivity contribution in [3.8, 4) is 0 Å². The molecule has 2 bridgehead atoms. The molecule has 0 aliphatic carbocycles. The minimum absolute atomic E-state index is 0.00398. The van der Waals surface area contributed by atoms with E-state index in [-0.39, 0.29) is 30.2 Å². The van der Waals surface area contributed by atoms with Crippen LogP contribution in [0.25, 0.3) is 0 Å². The van der Waals surface area contributed by atoms with E-state index in [1.807, 2.05) is 32.9 Å². The number of aliphatic hydroxyl groups excluding tert-OH is 1. The number of aryl methyl sites for hydroxylation is 1. The second-order valence-electron chi connectivity index (χ2n) is 10.4. The van der Waals surface area contributed by atoms with Gasteiger partial charge in [0.25, 0.3) is 0 Å². The topological polar surface area (TPSA) is 108 Å². The van der Waals surface area contributed by atoms with Gasteiger partial charge in [0.15, 0.2) is 0 Å². The maximum atomic E-state index is 13.9. The third kappa shape index (κ3) is 4.03. The van der Waals surface area contributed by atoms with Crippen LogP contribution in [0.2, 0.25) is 5.02 Å². The molecule has 35 heavy (non-hydrogen) atoms. The largest absolute Gasteiger partial charge is 0.396 e. The van der Waals surface area contributed by atoms with Crippen LogP contribution in [0, 0.1) is 24.7 Å². The number of carbonyl (C=O) groups excluding carboxylic acids is 3. The van der Waals surface area contributed by atoms with Gasteiger partial charge in [-0.25, -0.2) is 0 Å². The fourth-order valence-electron chi connectivity index (χ4n) is 6.56. The van der Waals surface area contributed by atoms with Crippen LogP contribution in [-0.2, 0) is 19.1 Å². The number of unbranched alkanes of at least 4 members (excludes halogenated alkanes) is 3. The number of hydrogen-bond acceptors (Lipinski definition) is 5. The first-order chi connectivity index (χ1) is 16.6. The molecule has 1 aromatic rings. The van der Waals surface area contributed by atoms with E-state index in [0.717, 1.165) is 18.4 Å². The maximum Gasteiger partial charge on any atom is 0.250 e. The molecule has 1 aromatic carbocycles. The van der Waals surface area contributed by atoms with Gasteiger partial charge in [0.1, 0.15) is 11.6 Å². The number of para-hydroxylation sites is 1. The summed E-state index contributed by atoms with van der Waals surface area (Å²) in [5.41, 5.74) is -0.566. The Labute approximate surface area is 211 Å². The van der Waals surface area contributed by atoms with Crippen LogP contribution in [0.5, 0.6) is 0 Å². The summed E-state index contributed by atoms with van der Waals surface area (Å²) in [6.45, 7) is 6.30. The highest BCUT2D eigenvalue weighted by atomic mass is 35.5. The summed E-state index contributed by atoms with van der Waals surface area (Å²) in [6.07, 6.45) is 3.59. The van der Waals surface area contributed by atoms with Gasteiger partial charge in [0.05, 0.1) is 28.1 Å². The fraction of sp³-hybridized carbons (Fsp3) is 0.654. The smallest absolute Gasteiger partial charge is 0.250 e. The van der Waals surface area contributed by atoms with Crippen LogP contribution in [0.15, 0.2) is 18.2 Å². The Morgan fingerprint density at radius 1 is 1.23 bits per heavy atom. The molecule has 4 rings (SSSR count). The quantitative estimate of drug-likeness (QED) is 0.447. The number of fused-ring (bicyclic) bond motifs is 1. The molecular weight excluding hydrogens is 470 g/mol. The second kappa shape index (κ2) is 9.71. The van der Waals surface area contributed by atoms with E-state index in [0.29, 0.717) is 36.5 Å². The zero-order valence-corrected chi connectivity index (χ0v) is 21.7. The van der Waals surface area contributed by atoms with Crippen molar-refractivity contribution < 1.29 is 24.2 Å². The summed E-state index contributed by atoms with van der Waals surface area (Å²) in [7, 11) is 1.57. The average molecular weight is 506 g/mol. The molecule has 1 spiro atoms. The van der Waals surface area contributed by atoms with E-state index >= 15 is 0 Å². The minimum atomic E-state index is -1.08. The van der Waals surface area contributed by atoms with Gasteiger partial charge in [-0.2, -0.15) is 0 Å². The standard InChI is InChI=1S/C26H36ClN3O5/c1-15-10-9-11-17(27)20(15)29-23(33)21-26-14-16(2)25(3,35-26)18(22(32)28-4)19(26)24(34)30(21)12-7-5-6-8-13-31/h9-11,16,18-19,21,31H,5-8,12-14H2,1-4H3,(H,28,32)(H,29,33)/t16?,18-,19+,21?,25+,26?/m1/s1. The highest BCUT2D eigenvalue weighted by Gasteiger charge is 2.79. The van der Waals surface area contributed by atoms with E-state index in [9.17, 15) is 14.4 Å². The molecule has 3 aliphatic heterocycles. The van der Waals surface area contributed by atoms with Gasteiger partial charge in [-0.1, -0.05) is 43.5 Å². The number of likely N-dealkylation sites (tertiary alicyclic amines) is 1. The fourth-order valence-corrected chi connectivity index (χ4v) is 6.83. The molecule has 0 aromatic heterocycles. The summed E-state index contributed by atoms with van der Waals surface area (Å²) in [4.78, 5) is 42.5. The molecule has 6 atom stereocenters. The summed E-state index contributed by atoms with van der Waals surface area (Å²) in [5.74, 6) is -2.17. The predicted molar refractivity (Wildman–Crippen MR) is 133 cm³/mol. The van der Waals surface area contributed by atoms with Gasteiger partial charge in [0.2, 0.25) is 17.7 Å². The molecule has 3 N–H and O–H groups in total. The summed E-state index contributed by atoms with van der Waals surface area (Å²) < 4.78 is 6.65. The average Bonchev–Trinajstić information content (AvgIpc) is 3.32. The first-order valence-corrected chi connectivity index (χ1v) is 12.9. The molecule has 3 heterocycles. The Morgan fingerprint density at radius 3 is 2.60 bits per heavy atom. The molecule has 3 unspecified atom stereocenters. The highest BCUT2D eigenvalue weighted by molar-refractivity contribution is 6.34. The lowest BCUT2D eigenvalue weighted by molar-refractivity contribution is -0.146. The number of nitrogens with one attached hydrogen (secondary N) is 2. The molecular formula is C26H36ClN3O5. The Morgan fingerprint density at radius 2 is 1.94 bits per heavy atom. The third-order valence-electron chi connectivity index (χ3n) is 8.37. The maximum absolute atomic E-state index is 13.9. The minimum Gasteiger partial charge on any atom is -0.396 e. The molecule has 3 amide bonds. The SMILES string of the molecule is CNC(=O)[C@H]1[C@H]2C(=O)N(CCCCCCO)C(C(=O)Nc3c(C)cccc3Cl)C23CC(C)[C@]1(C)O3. The van der Waals surface area contributed by atoms with Crippen LogP contribution < -0.4 is 10.6 Å². The van der Waals surface area contributed by atoms with Crippen molar-refractivity contribution in [1.82, 2.24) is 10.2 Å². The van der Waals surface area contributed by atoms with Crippen LogP contribution in [-0.4, -0.2) is 65.2 Å². The molecule has 9 heteroatoms. The van der Waals surface area contributed by atoms with E-state index in [1.165, 1.54) is 0 Å². The van der Waals surface area contributed by atoms with Crippen molar-refractivity contribution in [1.29, 1.82) is 0 Å². The van der Waals surface area contributed by atoms with Crippen molar-refractivity contribution >= 4 is 35.0 Å². The lowest BCUT2D eigenvalue weighted by atomic mass is 9.62. The first kappa shape index (κ1) is 25.9. The number of nitrogens with zero attached hydrogens (tertiary/aromatic N) is 1. The van der Waals surface area contributed by atoms with Gasteiger partial charge in [-0.05, 0) is 50.7 Å². The molecule has 3 saturated heterocycles. The van der Waals surface area contributed by atoms with E-state index in [1.54, 1.807) is 18.0 Å². The van der Waals surface area contributed by atoms with Gasteiger partial charge in [0, 0.05) is 20.2 Å². The Kier molecular flexibility index (Phi) is 7.19. The second-order valence-corrected chi connectivity index (χ2v) is 10.8. The zero-order valence-electron chi connectivity index (χ0n) is 20.9. The summed E-state index contributed by atoms with van der Waals surface area (Å²) >= 11 is 6.39. The monoisotopic (exact) mass is 505 g/mol. The zero-order chi connectivity index (χ0) is 25.5. The van der Waals surface area contributed by atoms with Gasteiger partial charge < -0.3 is 25.4 Å². The van der Waals surface area contributed by atoms with E-state index in [2.05, 4.69) is 10.6 Å². The number of carbonyl (C=O) groups is 3. The van der Waals surface area contributed by atoms with Crippen molar-refractivity contribution in [3.05, 3.63) is 28.8 Å².